The quantitative estimate of drug-likeness (QED) is 0.152. The van der Waals surface area contributed by atoms with Gasteiger partial charge in [-0.05, 0) is 154 Å². The second-order valence-corrected chi connectivity index (χ2v) is 23.5. The molecular formula is C45H77ClOP2Ru+2. The van der Waals surface area contributed by atoms with Crippen LogP contribution >= 0.6 is 25.5 Å². The third-order valence-electron chi connectivity index (χ3n) is 13.5. The summed E-state index contributed by atoms with van der Waals surface area (Å²) in [5.74, 6) is 0. The molecule has 6 aliphatic carbocycles. The summed E-state index contributed by atoms with van der Waals surface area (Å²) in [6, 6.07) is 9.80. The van der Waals surface area contributed by atoms with Crippen LogP contribution in [-0.4, -0.2) is 40.7 Å². The van der Waals surface area contributed by atoms with Gasteiger partial charge in [-0.2, -0.15) is 5.56 Å². The van der Waals surface area contributed by atoms with E-state index < -0.39 is 0 Å². The van der Waals surface area contributed by atoms with E-state index in [-0.39, 0.29) is 15.8 Å². The molecular weight excluding hydrogens is 755 g/mol. The summed E-state index contributed by atoms with van der Waals surface area (Å²) in [5, 5.41) is 0. The van der Waals surface area contributed by atoms with Gasteiger partial charge < -0.3 is 4.79 Å². The Balaban J connectivity index is 0.000000206. The average Bonchev–Trinajstić information content (AvgIpc) is 3.23. The fourth-order valence-electron chi connectivity index (χ4n) is 11.2. The van der Waals surface area contributed by atoms with Crippen LogP contribution < -0.4 is 0 Å². The van der Waals surface area contributed by atoms with Crippen LogP contribution in [0.15, 0.2) is 30.3 Å². The normalized spacial score (nSPS) is 23.5. The number of halogens is 1. The van der Waals surface area contributed by atoms with Crippen molar-refractivity contribution in [1.29, 1.82) is 0 Å². The predicted octanol–water partition coefficient (Wildman–Crippen LogP) is 15.0. The Labute approximate surface area is 327 Å². The topological polar surface area (TPSA) is 17.1 Å². The molecule has 0 unspecified atom stereocenters. The van der Waals surface area contributed by atoms with Crippen LogP contribution in [0.25, 0.3) is 6.08 Å². The first-order valence-corrected chi connectivity index (χ1v) is 27.3. The second kappa shape index (κ2) is 28.8. The molecule has 0 radical (unpaired) electrons. The van der Waals surface area contributed by atoms with Gasteiger partial charge in [0.15, 0.2) is 0 Å². The Morgan fingerprint density at radius 2 is 0.640 bits per heavy atom. The molecule has 1 aromatic carbocycles. The van der Waals surface area contributed by atoms with Gasteiger partial charge in [0.1, 0.15) is 6.79 Å². The van der Waals surface area contributed by atoms with Crippen molar-refractivity contribution >= 4 is 38.4 Å². The Hall–Kier alpha value is 0.403. The Morgan fingerprint density at radius 1 is 0.440 bits per heavy atom. The van der Waals surface area contributed by atoms with Gasteiger partial charge in [-0.15, -0.1) is 12.1 Å². The molecule has 0 amide bonds. The van der Waals surface area contributed by atoms with E-state index in [1.165, 1.54) is 34.0 Å². The van der Waals surface area contributed by atoms with Crippen LogP contribution in [0.1, 0.15) is 198 Å². The van der Waals surface area contributed by atoms with Crippen LogP contribution in [0.4, 0.5) is 0 Å². The number of rotatable bonds is 7. The summed E-state index contributed by atoms with van der Waals surface area (Å²) in [6.07, 6.45) is 49.2. The first-order chi connectivity index (χ1) is 24.8. The monoisotopic (exact) mass is 832 g/mol. The van der Waals surface area contributed by atoms with Crippen molar-refractivity contribution in [3.63, 3.8) is 0 Å². The SMILES string of the molecule is C1CCC([PH+](C2CCCCC2)C2CCCCC2)CC1.C1CCC([PH+](C2CCCCC2)C2CCCCC2)CC1.C=O.[CH-]=Cc1ccccc1.[Cl][Ru+]. The Morgan fingerprint density at radius 3 is 0.800 bits per heavy atom. The van der Waals surface area contributed by atoms with E-state index in [1.807, 2.05) is 54.4 Å². The Kier molecular flexibility index (Phi) is 25.8. The van der Waals surface area contributed by atoms with E-state index in [4.69, 9.17) is 11.4 Å². The minimum atomic E-state index is -0.0465. The van der Waals surface area contributed by atoms with Crippen molar-refractivity contribution < 1.29 is 22.1 Å². The van der Waals surface area contributed by atoms with Crippen molar-refractivity contribution in [2.75, 3.05) is 0 Å². The summed E-state index contributed by atoms with van der Waals surface area (Å²) in [7, 11) is 4.48. The molecule has 6 fully saturated rings. The molecule has 6 saturated carbocycles. The van der Waals surface area contributed by atoms with Crippen LogP contribution in [0, 0.1) is 6.58 Å². The van der Waals surface area contributed by atoms with Gasteiger partial charge in [-0.3, -0.25) is 6.58 Å². The molecule has 286 valence electrons. The van der Waals surface area contributed by atoms with E-state index in [2.05, 4.69) is 9.69 Å². The zero-order valence-electron chi connectivity index (χ0n) is 32.1. The van der Waals surface area contributed by atoms with Crippen molar-refractivity contribution in [1.82, 2.24) is 0 Å². The molecule has 0 heterocycles. The zero-order valence-corrected chi connectivity index (χ0v) is 36.6. The van der Waals surface area contributed by atoms with Gasteiger partial charge in [0.05, 0.1) is 34.0 Å². The molecule has 50 heavy (non-hydrogen) atoms. The zero-order chi connectivity index (χ0) is 35.7. The van der Waals surface area contributed by atoms with Crippen molar-refractivity contribution in [3.8, 4) is 0 Å². The summed E-state index contributed by atoms with van der Waals surface area (Å²) in [5.41, 5.74) is 8.42. The first-order valence-electron chi connectivity index (χ1n) is 21.6. The van der Waals surface area contributed by atoms with E-state index in [1.54, 1.807) is 199 Å². The second-order valence-electron chi connectivity index (χ2n) is 16.6. The maximum atomic E-state index is 8.00. The first kappa shape index (κ1) is 44.8. The molecule has 0 bridgehead atoms. The Bertz CT molecular complexity index is 788. The van der Waals surface area contributed by atoms with Gasteiger partial charge >= 0.3 is 27.0 Å². The molecule has 1 nitrogen and oxygen atoms in total. The molecule has 6 aliphatic rings. The summed E-state index contributed by atoms with van der Waals surface area (Å²) < 4.78 is 0. The van der Waals surface area contributed by atoms with Crippen LogP contribution in [0.3, 0.4) is 0 Å². The molecule has 0 aromatic heterocycles. The van der Waals surface area contributed by atoms with Gasteiger partial charge in [0.25, 0.3) is 0 Å². The van der Waals surface area contributed by atoms with E-state index in [9.17, 15) is 0 Å². The fourth-order valence-corrected chi connectivity index (χ4v) is 21.6. The molecule has 0 N–H and O–H groups in total. The standard InChI is InChI=1S/2C18H33P.C8H7.CH2O.ClH.Ru/c2*1-4-10-16(11-5-1)19(17-12-6-2-7-13-17)18-14-8-3-9-15-18;1-2-8-6-4-3-5-7-8;1-2;;/h2*16-18H,1-15H2;1-7H;1H2;1H;/q;;-1;;;+2/p+1. The molecule has 5 heteroatoms. The molecule has 0 atom stereocenters. The summed E-state index contributed by atoms with van der Waals surface area (Å²) in [6.45, 7) is 7.22. The van der Waals surface area contributed by atoms with E-state index >= 15 is 0 Å². The van der Waals surface area contributed by atoms with Crippen LogP contribution in [0.2, 0.25) is 0 Å². The van der Waals surface area contributed by atoms with Crippen molar-refractivity contribution in [3.05, 3.63) is 42.5 Å². The third-order valence-corrected chi connectivity index (χ3v) is 22.6. The number of carbonyl (C=O) groups is 1. The van der Waals surface area contributed by atoms with Gasteiger partial charge in [-0.1, -0.05) is 56.7 Å². The van der Waals surface area contributed by atoms with Gasteiger partial charge in [0, 0.05) is 15.8 Å². The summed E-state index contributed by atoms with van der Waals surface area (Å²) in [4.78, 5) is 8.00. The molecule has 0 spiro atoms. The molecule has 0 aliphatic heterocycles. The van der Waals surface area contributed by atoms with Crippen molar-refractivity contribution in [2.45, 2.75) is 227 Å². The number of hydrogen-bond acceptors (Lipinski definition) is 1. The van der Waals surface area contributed by atoms with E-state index in [0.717, 1.165) is 5.56 Å². The maximum absolute atomic E-state index is 8.00. The number of benzene rings is 1. The van der Waals surface area contributed by atoms with Crippen molar-refractivity contribution in [2.24, 2.45) is 0 Å². The molecule has 1 aromatic rings. The number of hydrogen-bond donors (Lipinski definition) is 0. The van der Waals surface area contributed by atoms with Crippen LogP contribution in [-0.2, 0) is 22.1 Å². The van der Waals surface area contributed by atoms with Crippen LogP contribution in [0.5, 0.6) is 0 Å². The fraction of sp³-hybridized carbons (Fsp3) is 0.800. The molecule has 0 saturated heterocycles. The third kappa shape index (κ3) is 16.0. The predicted molar refractivity (Wildman–Crippen MR) is 226 cm³/mol. The van der Waals surface area contributed by atoms with Gasteiger partial charge in [-0.25, -0.2) is 6.08 Å². The summed E-state index contributed by atoms with van der Waals surface area (Å²) >= 11 is 1.82. The average molecular weight is 833 g/mol. The minimum absolute atomic E-state index is 0.0465. The number of carbonyl (C=O) groups excluding carboxylic acids is 1. The molecule has 7 rings (SSSR count). The van der Waals surface area contributed by atoms with Gasteiger partial charge in [0.2, 0.25) is 0 Å². The van der Waals surface area contributed by atoms with E-state index in [0.29, 0.717) is 0 Å².